The Morgan fingerprint density at radius 1 is 1.08 bits per heavy atom. The first-order valence-corrected chi connectivity index (χ1v) is 9.43. The molecule has 5 nitrogen and oxygen atoms in total. The molecule has 138 valence electrons. The highest BCUT2D eigenvalue weighted by molar-refractivity contribution is 5.89. The van der Waals surface area contributed by atoms with Crippen LogP contribution in [0, 0.1) is 0 Å². The number of nitrogens with zero attached hydrogens (tertiary/aromatic N) is 3. The molecule has 1 aromatic heterocycles. The molecule has 1 aromatic carbocycles. The normalized spacial score (nSPS) is 16.3. The first-order chi connectivity index (χ1) is 12.7. The maximum atomic E-state index is 12.5. The second kappa shape index (κ2) is 8.81. The Hall–Kier alpha value is -2.40. The zero-order chi connectivity index (χ0) is 18.4. The third-order valence-electron chi connectivity index (χ3n) is 5.16. The molecule has 1 aliphatic rings. The van der Waals surface area contributed by atoms with E-state index in [4.69, 9.17) is 0 Å². The minimum Gasteiger partial charge on any atom is -0.322 e. The van der Waals surface area contributed by atoms with Gasteiger partial charge in [0.25, 0.3) is 0 Å². The summed E-state index contributed by atoms with van der Waals surface area (Å²) in [6.07, 6.45) is 4.77. The quantitative estimate of drug-likeness (QED) is 0.886. The van der Waals surface area contributed by atoms with E-state index in [2.05, 4.69) is 41.2 Å². The molecule has 1 N–H and O–H groups in total. The van der Waals surface area contributed by atoms with Gasteiger partial charge in [0.15, 0.2) is 0 Å². The summed E-state index contributed by atoms with van der Waals surface area (Å²) in [5, 5.41) is 3.02. The van der Waals surface area contributed by atoms with Crippen molar-refractivity contribution in [1.29, 1.82) is 0 Å². The van der Waals surface area contributed by atoms with E-state index < -0.39 is 0 Å². The van der Waals surface area contributed by atoms with Crippen molar-refractivity contribution in [2.45, 2.75) is 32.7 Å². The first kappa shape index (κ1) is 18.4. The average molecular weight is 352 g/mol. The van der Waals surface area contributed by atoms with Crippen LogP contribution in [-0.4, -0.2) is 47.0 Å². The number of hydrogen-bond acceptors (Lipinski definition) is 3. The van der Waals surface area contributed by atoms with Crippen molar-refractivity contribution in [3.8, 4) is 0 Å². The lowest BCUT2D eigenvalue weighted by Crippen LogP contribution is -2.49. The average Bonchev–Trinajstić information content (AvgIpc) is 2.69. The lowest BCUT2D eigenvalue weighted by atomic mass is 9.99. The number of amides is 2. The molecule has 0 bridgehead atoms. The second-order valence-corrected chi connectivity index (χ2v) is 6.98. The van der Waals surface area contributed by atoms with Crippen molar-refractivity contribution in [3.05, 3.63) is 59.9 Å². The van der Waals surface area contributed by atoms with Crippen LogP contribution in [0.2, 0.25) is 0 Å². The largest absolute Gasteiger partial charge is 0.322 e. The lowest BCUT2D eigenvalue weighted by molar-refractivity contribution is 0.143. The molecule has 1 atom stereocenters. The summed E-state index contributed by atoms with van der Waals surface area (Å²) in [6.45, 7) is 8.61. The molecule has 5 heteroatoms. The third kappa shape index (κ3) is 4.82. The van der Waals surface area contributed by atoms with Gasteiger partial charge in [-0.2, -0.15) is 0 Å². The summed E-state index contributed by atoms with van der Waals surface area (Å²) < 4.78 is 0. The van der Waals surface area contributed by atoms with Crippen LogP contribution in [-0.2, 0) is 6.54 Å². The van der Waals surface area contributed by atoms with Gasteiger partial charge >= 0.3 is 6.03 Å². The smallest absolute Gasteiger partial charge is 0.321 e. The van der Waals surface area contributed by atoms with Crippen molar-refractivity contribution < 1.29 is 4.79 Å². The molecule has 3 rings (SSSR count). The number of anilines is 1. The minimum atomic E-state index is -0.00940. The highest BCUT2D eigenvalue weighted by atomic mass is 16.2. The molecule has 1 saturated heterocycles. The number of urea groups is 1. The molecule has 0 aliphatic carbocycles. The number of hydrogen-bond donors (Lipinski definition) is 1. The third-order valence-corrected chi connectivity index (χ3v) is 5.16. The van der Waals surface area contributed by atoms with E-state index >= 15 is 0 Å². The molecule has 0 radical (unpaired) electrons. The van der Waals surface area contributed by atoms with Gasteiger partial charge in [-0.15, -0.1) is 0 Å². The van der Waals surface area contributed by atoms with Gasteiger partial charge in [0.1, 0.15) is 0 Å². The standard InChI is InChI=1S/C21H28N4O/c1-3-17(2)19-4-6-20(7-5-19)23-21(26)25-14-12-24(13-15-25)16-18-8-10-22-11-9-18/h4-11,17H,3,12-16H2,1-2H3,(H,23,26)/t17-/m1/s1. The Bertz CT molecular complexity index is 694. The number of nitrogens with one attached hydrogen (secondary N) is 1. The molecule has 0 saturated carbocycles. The molecule has 26 heavy (non-hydrogen) atoms. The zero-order valence-electron chi connectivity index (χ0n) is 15.7. The van der Waals surface area contributed by atoms with Crippen LogP contribution in [0.25, 0.3) is 0 Å². The summed E-state index contributed by atoms with van der Waals surface area (Å²) >= 11 is 0. The molecule has 1 aliphatic heterocycles. The molecule has 0 unspecified atom stereocenters. The van der Waals surface area contributed by atoms with Crippen LogP contribution in [0.15, 0.2) is 48.8 Å². The monoisotopic (exact) mass is 352 g/mol. The van der Waals surface area contributed by atoms with E-state index in [0.717, 1.165) is 44.8 Å². The number of rotatable bonds is 5. The molecular formula is C21H28N4O. The Balaban J connectivity index is 1.47. The molecule has 2 heterocycles. The van der Waals surface area contributed by atoms with Gasteiger partial charge in [0.2, 0.25) is 0 Å². The fourth-order valence-electron chi connectivity index (χ4n) is 3.19. The number of carbonyl (C=O) groups excluding carboxylic acids is 1. The van der Waals surface area contributed by atoms with Crippen LogP contribution < -0.4 is 5.32 Å². The second-order valence-electron chi connectivity index (χ2n) is 6.98. The Morgan fingerprint density at radius 2 is 1.73 bits per heavy atom. The van der Waals surface area contributed by atoms with Crippen molar-refractivity contribution in [3.63, 3.8) is 0 Å². The molecule has 1 fully saturated rings. The first-order valence-electron chi connectivity index (χ1n) is 9.43. The van der Waals surface area contributed by atoms with Crippen molar-refractivity contribution in [1.82, 2.24) is 14.8 Å². The van der Waals surface area contributed by atoms with E-state index in [-0.39, 0.29) is 6.03 Å². The summed E-state index contributed by atoms with van der Waals surface area (Å²) in [7, 11) is 0. The number of pyridine rings is 1. The van der Waals surface area contributed by atoms with Crippen LogP contribution in [0.3, 0.4) is 0 Å². The highest BCUT2D eigenvalue weighted by Crippen LogP contribution is 2.20. The van der Waals surface area contributed by atoms with Gasteiger partial charge in [-0.25, -0.2) is 4.79 Å². The summed E-state index contributed by atoms with van der Waals surface area (Å²) in [4.78, 5) is 20.8. The topological polar surface area (TPSA) is 48.5 Å². The Kier molecular flexibility index (Phi) is 6.23. The number of piperazine rings is 1. The molecule has 2 aromatic rings. The van der Waals surface area contributed by atoms with E-state index in [0.29, 0.717) is 5.92 Å². The van der Waals surface area contributed by atoms with Crippen LogP contribution in [0.4, 0.5) is 10.5 Å². The predicted molar refractivity (Wildman–Crippen MR) is 105 cm³/mol. The fourth-order valence-corrected chi connectivity index (χ4v) is 3.19. The fraction of sp³-hybridized carbons (Fsp3) is 0.429. The van der Waals surface area contributed by atoms with Gasteiger partial charge in [0.05, 0.1) is 0 Å². The number of aromatic nitrogens is 1. The van der Waals surface area contributed by atoms with E-state index in [9.17, 15) is 4.79 Å². The van der Waals surface area contributed by atoms with Crippen molar-refractivity contribution in [2.75, 3.05) is 31.5 Å². The maximum Gasteiger partial charge on any atom is 0.321 e. The highest BCUT2D eigenvalue weighted by Gasteiger charge is 2.21. The van der Waals surface area contributed by atoms with Gasteiger partial charge in [-0.3, -0.25) is 9.88 Å². The minimum absolute atomic E-state index is 0.00940. The van der Waals surface area contributed by atoms with E-state index in [1.165, 1.54) is 11.1 Å². The van der Waals surface area contributed by atoms with Crippen molar-refractivity contribution >= 4 is 11.7 Å². The van der Waals surface area contributed by atoms with Crippen LogP contribution in [0.5, 0.6) is 0 Å². The molecular weight excluding hydrogens is 324 g/mol. The number of carbonyl (C=O) groups is 1. The summed E-state index contributed by atoms with van der Waals surface area (Å²) in [5.41, 5.74) is 3.44. The lowest BCUT2D eigenvalue weighted by Gasteiger charge is -2.34. The Morgan fingerprint density at radius 3 is 2.35 bits per heavy atom. The van der Waals surface area contributed by atoms with Gasteiger partial charge in [-0.05, 0) is 47.7 Å². The van der Waals surface area contributed by atoms with Crippen LogP contribution >= 0.6 is 0 Å². The van der Waals surface area contributed by atoms with Crippen LogP contribution in [0.1, 0.15) is 37.3 Å². The predicted octanol–water partition coefficient (Wildman–Crippen LogP) is 3.94. The SMILES string of the molecule is CC[C@@H](C)c1ccc(NC(=O)N2CCN(Cc3ccncc3)CC2)cc1. The molecule has 0 spiro atoms. The number of benzene rings is 1. The van der Waals surface area contributed by atoms with Gasteiger partial charge in [-0.1, -0.05) is 26.0 Å². The Labute approximate surface area is 156 Å². The van der Waals surface area contributed by atoms with Gasteiger partial charge < -0.3 is 10.2 Å². The van der Waals surface area contributed by atoms with Crippen molar-refractivity contribution in [2.24, 2.45) is 0 Å². The maximum absolute atomic E-state index is 12.5. The summed E-state index contributed by atoms with van der Waals surface area (Å²) in [6, 6.07) is 12.3. The van der Waals surface area contributed by atoms with Gasteiger partial charge in [0, 0.05) is 50.8 Å². The van der Waals surface area contributed by atoms with E-state index in [1.807, 2.05) is 41.6 Å². The van der Waals surface area contributed by atoms with E-state index in [1.54, 1.807) is 0 Å². The summed E-state index contributed by atoms with van der Waals surface area (Å²) in [5.74, 6) is 0.549. The zero-order valence-corrected chi connectivity index (χ0v) is 15.7. The molecule has 2 amide bonds.